The predicted molar refractivity (Wildman–Crippen MR) is 81.5 cm³/mol. The number of nitrogen functional groups attached to an aromatic ring is 1. The molecular formula is C15H18N4O2. The first-order chi connectivity index (χ1) is 10.3. The second kappa shape index (κ2) is 5.97. The van der Waals surface area contributed by atoms with Crippen molar-refractivity contribution in [2.45, 2.75) is 0 Å². The number of aromatic nitrogens is 2. The number of nitrogens with zero attached hydrogens (tertiary/aromatic N) is 3. The average Bonchev–Trinajstić information content (AvgIpc) is 2.55. The van der Waals surface area contributed by atoms with Crippen molar-refractivity contribution in [1.29, 1.82) is 0 Å². The third-order valence-electron chi connectivity index (χ3n) is 3.39. The molecule has 1 saturated heterocycles. The highest BCUT2D eigenvalue weighted by molar-refractivity contribution is 5.65. The van der Waals surface area contributed by atoms with Gasteiger partial charge in [0.05, 0.1) is 26.0 Å². The molecule has 1 aromatic carbocycles. The second-order valence-electron chi connectivity index (χ2n) is 4.81. The predicted octanol–water partition coefficient (Wildman–Crippen LogP) is 1.57. The molecule has 0 radical (unpaired) electrons. The molecule has 3 rings (SSSR count). The van der Waals surface area contributed by atoms with Gasteiger partial charge in [-0.05, 0) is 12.1 Å². The van der Waals surface area contributed by atoms with Gasteiger partial charge in [-0.25, -0.2) is 4.98 Å². The van der Waals surface area contributed by atoms with Gasteiger partial charge in [-0.3, -0.25) is 0 Å². The van der Waals surface area contributed by atoms with Gasteiger partial charge >= 0.3 is 0 Å². The molecule has 6 nitrogen and oxygen atoms in total. The zero-order chi connectivity index (χ0) is 14.7. The minimum Gasteiger partial charge on any atom is -0.497 e. The summed E-state index contributed by atoms with van der Waals surface area (Å²) in [5.74, 6) is 1.90. The van der Waals surface area contributed by atoms with E-state index in [2.05, 4.69) is 14.9 Å². The van der Waals surface area contributed by atoms with E-state index in [1.54, 1.807) is 13.2 Å². The standard InChI is InChI=1S/C15H18N4O2/c1-20-12-4-2-3-11(9-12)13-10-14(16)18-15(17-13)19-5-7-21-8-6-19/h2-4,9-10H,5-8H2,1H3,(H2,16,17,18). The highest BCUT2D eigenvalue weighted by Crippen LogP contribution is 2.25. The van der Waals surface area contributed by atoms with Crippen LogP contribution in [0.5, 0.6) is 5.75 Å². The first-order valence-corrected chi connectivity index (χ1v) is 6.88. The lowest BCUT2D eigenvalue weighted by molar-refractivity contribution is 0.122. The Bertz CT molecular complexity index is 627. The fraction of sp³-hybridized carbons (Fsp3) is 0.333. The van der Waals surface area contributed by atoms with Gasteiger partial charge in [-0.2, -0.15) is 4.98 Å². The lowest BCUT2D eigenvalue weighted by Crippen LogP contribution is -2.37. The van der Waals surface area contributed by atoms with E-state index in [4.69, 9.17) is 15.2 Å². The Labute approximate surface area is 123 Å². The van der Waals surface area contributed by atoms with Gasteiger partial charge in [0.15, 0.2) is 0 Å². The smallest absolute Gasteiger partial charge is 0.228 e. The fourth-order valence-electron chi connectivity index (χ4n) is 2.29. The molecule has 0 aliphatic carbocycles. The van der Waals surface area contributed by atoms with Gasteiger partial charge in [0, 0.05) is 24.7 Å². The minimum atomic E-state index is 0.462. The molecule has 6 heteroatoms. The second-order valence-corrected chi connectivity index (χ2v) is 4.81. The summed E-state index contributed by atoms with van der Waals surface area (Å²) in [5.41, 5.74) is 7.68. The summed E-state index contributed by atoms with van der Waals surface area (Å²) in [6, 6.07) is 9.52. The molecule has 1 fully saturated rings. The van der Waals surface area contributed by atoms with E-state index in [1.165, 1.54) is 0 Å². The molecule has 1 aromatic heterocycles. The summed E-state index contributed by atoms with van der Waals surface area (Å²) in [5, 5.41) is 0. The lowest BCUT2D eigenvalue weighted by atomic mass is 10.1. The van der Waals surface area contributed by atoms with Crippen LogP contribution in [0.15, 0.2) is 30.3 Å². The molecule has 0 spiro atoms. The Morgan fingerprint density at radius 2 is 2.00 bits per heavy atom. The zero-order valence-corrected chi connectivity index (χ0v) is 12.0. The third kappa shape index (κ3) is 3.05. The third-order valence-corrected chi connectivity index (χ3v) is 3.39. The first kappa shape index (κ1) is 13.6. The summed E-state index contributed by atoms with van der Waals surface area (Å²) in [6.07, 6.45) is 0. The van der Waals surface area contributed by atoms with Crippen LogP contribution in [0.3, 0.4) is 0 Å². The van der Waals surface area contributed by atoms with Crippen LogP contribution in [0, 0.1) is 0 Å². The molecule has 21 heavy (non-hydrogen) atoms. The number of hydrogen-bond acceptors (Lipinski definition) is 6. The molecule has 110 valence electrons. The van der Waals surface area contributed by atoms with E-state index < -0.39 is 0 Å². The molecule has 2 aromatic rings. The molecule has 1 aliphatic rings. The molecule has 0 bridgehead atoms. The van der Waals surface area contributed by atoms with E-state index in [0.717, 1.165) is 30.1 Å². The van der Waals surface area contributed by atoms with Crippen LogP contribution in [-0.4, -0.2) is 43.4 Å². The normalized spacial score (nSPS) is 15.0. The van der Waals surface area contributed by atoms with E-state index in [-0.39, 0.29) is 0 Å². The van der Waals surface area contributed by atoms with Gasteiger partial charge < -0.3 is 20.1 Å². The molecule has 0 unspecified atom stereocenters. The van der Waals surface area contributed by atoms with Gasteiger partial charge in [0.25, 0.3) is 0 Å². The van der Waals surface area contributed by atoms with Crippen molar-refractivity contribution in [3.8, 4) is 17.0 Å². The quantitative estimate of drug-likeness (QED) is 0.923. The van der Waals surface area contributed by atoms with E-state index >= 15 is 0 Å². The number of nitrogens with two attached hydrogens (primary N) is 1. The lowest BCUT2D eigenvalue weighted by Gasteiger charge is -2.27. The largest absolute Gasteiger partial charge is 0.497 e. The Kier molecular flexibility index (Phi) is 3.87. The van der Waals surface area contributed by atoms with Gasteiger partial charge in [0.1, 0.15) is 11.6 Å². The Morgan fingerprint density at radius 3 is 2.76 bits per heavy atom. The van der Waals surface area contributed by atoms with Gasteiger partial charge in [0.2, 0.25) is 5.95 Å². The van der Waals surface area contributed by atoms with Crippen molar-refractivity contribution < 1.29 is 9.47 Å². The monoisotopic (exact) mass is 286 g/mol. The number of morpholine rings is 1. The van der Waals surface area contributed by atoms with Gasteiger partial charge in [-0.15, -0.1) is 0 Å². The Balaban J connectivity index is 1.96. The van der Waals surface area contributed by atoms with Crippen molar-refractivity contribution in [1.82, 2.24) is 9.97 Å². The Morgan fingerprint density at radius 1 is 1.19 bits per heavy atom. The van der Waals surface area contributed by atoms with Crippen molar-refractivity contribution in [3.05, 3.63) is 30.3 Å². The SMILES string of the molecule is COc1cccc(-c2cc(N)nc(N3CCOCC3)n2)c1. The molecule has 0 saturated carbocycles. The summed E-state index contributed by atoms with van der Waals surface area (Å²) in [7, 11) is 1.65. The van der Waals surface area contributed by atoms with E-state index in [9.17, 15) is 0 Å². The van der Waals surface area contributed by atoms with Crippen LogP contribution < -0.4 is 15.4 Å². The average molecular weight is 286 g/mol. The molecule has 0 amide bonds. The van der Waals surface area contributed by atoms with Crippen molar-refractivity contribution in [2.24, 2.45) is 0 Å². The van der Waals surface area contributed by atoms with Crippen molar-refractivity contribution in [2.75, 3.05) is 44.0 Å². The minimum absolute atomic E-state index is 0.462. The summed E-state index contributed by atoms with van der Waals surface area (Å²) in [6.45, 7) is 2.93. The van der Waals surface area contributed by atoms with Gasteiger partial charge in [-0.1, -0.05) is 12.1 Å². The maximum Gasteiger partial charge on any atom is 0.228 e. The molecule has 1 aliphatic heterocycles. The Hall–Kier alpha value is -2.34. The maximum atomic E-state index is 5.93. The topological polar surface area (TPSA) is 73.5 Å². The van der Waals surface area contributed by atoms with Crippen LogP contribution in [0.25, 0.3) is 11.3 Å². The molecule has 2 N–H and O–H groups in total. The van der Waals surface area contributed by atoms with Crippen LogP contribution in [0.2, 0.25) is 0 Å². The number of ether oxygens (including phenoxy) is 2. The fourth-order valence-corrected chi connectivity index (χ4v) is 2.29. The number of hydrogen-bond donors (Lipinski definition) is 1. The molecule has 0 atom stereocenters. The number of anilines is 2. The van der Waals surface area contributed by atoms with E-state index in [1.807, 2.05) is 24.3 Å². The summed E-state index contributed by atoms with van der Waals surface area (Å²) in [4.78, 5) is 11.0. The first-order valence-electron chi connectivity index (χ1n) is 6.88. The van der Waals surface area contributed by atoms with Crippen LogP contribution in [-0.2, 0) is 4.74 Å². The van der Waals surface area contributed by atoms with Crippen molar-refractivity contribution in [3.63, 3.8) is 0 Å². The molecule has 2 heterocycles. The van der Waals surface area contributed by atoms with E-state index in [0.29, 0.717) is 25.0 Å². The van der Waals surface area contributed by atoms with Crippen molar-refractivity contribution >= 4 is 11.8 Å². The van der Waals surface area contributed by atoms with Crippen LogP contribution in [0.4, 0.5) is 11.8 Å². The number of rotatable bonds is 3. The van der Waals surface area contributed by atoms with Crippen LogP contribution >= 0.6 is 0 Å². The number of benzene rings is 1. The highest BCUT2D eigenvalue weighted by Gasteiger charge is 2.15. The summed E-state index contributed by atoms with van der Waals surface area (Å²) < 4.78 is 10.6. The maximum absolute atomic E-state index is 5.93. The summed E-state index contributed by atoms with van der Waals surface area (Å²) >= 11 is 0. The molecular weight excluding hydrogens is 268 g/mol. The van der Waals surface area contributed by atoms with Crippen LogP contribution in [0.1, 0.15) is 0 Å². The highest BCUT2D eigenvalue weighted by atomic mass is 16.5. The number of methoxy groups -OCH3 is 1. The zero-order valence-electron chi connectivity index (χ0n) is 12.0.